The second kappa shape index (κ2) is 8.30. The van der Waals surface area contributed by atoms with Crippen molar-refractivity contribution in [2.75, 3.05) is 0 Å². The molecule has 0 aliphatic heterocycles. The number of aryl methyl sites for hydroxylation is 1. The third kappa shape index (κ3) is 4.37. The van der Waals surface area contributed by atoms with E-state index < -0.39 is 10.1 Å². The lowest BCUT2D eigenvalue weighted by molar-refractivity contribution is 0.488. The second-order valence-corrected chi connectivity index (χ2v) is 8.77. The Morgan fingerprint density at radius 3 is 2.37 bits per heavy atom. The average Bonchev–Trinajstić information content (AvgIpc) is 2.74. The van der Waals surface area contributed by atoms with Crippen LogP contribution in [0.25, 0.3) is 23.1 Å². The Bertz CT molecular complexity index is 1330. The van der Waals surface area contributed by atoms with E-state index in [2.05, 4.69) is 4.98 Å². The molecule has 0 bridgehead atoms. The Morgan fingerprint density at radius 2 is 1.63 bits per heavy atom. The molecule has 30 heavy (non-hydrogen) atoms. The van der Waals surface area contributed by atoms with Gasteiger partial charge in [-0.15, -0.1) is 0 Å². The summed E-state index contributed by atoms with van der Waals surface area (Å²) in [6, 6.07) is 21.1. The van der Waals surface area contributed by atoms with Gasteiger partial charge in [0.25, 0.3) is 0 Å². The van der Waals surface area contributed by atoms with Crippen molar-refractivity contribution in [3.63, 3.8) is 0 Å². The van der Waals surface area contributed by atoms with Crippen LogP contribution in [-0.2, 0) is 10.1 Å². The Morgan fingerprint density at radius 1 is 0.900 bits per heavy atom. The van der Waals surface area contributed by atoms with E-state index in [0.717, 1.165) is 22.1 Å². The molecular weight excluding hydrogens is 418 g/mol. The Balaban J connectivity index is 1.70. The van der Waals surface area contributed by atoms with Crippen molar-refractivity contribution in [2.24, 2.45) is 0 Å². The number of fused-ring (bicyclic) bond motifs is 1. The van der Waals surface area contributed by atoms with Crippen LogP contribution in [0.1, 0.15) is 16.7 Å². The van der Waals surface area contributed by atoms with Gasteiger partial charge >= 0.3 is 10.1 Å². The zero-order chi connectivity index (χ0) is 21.1. The number of aromatic nitrogens is 1. The molecule has 1 heterocycles. The largest absolute Gasteiger partial charge is 0.377 e. The summed E-state index contributed by atoms with van der Waals surface area (Å²) in [4.78, 5) is 4.46. The van der Waals surface area contributed by atoms with Gasteiger partial charge in [0, 0.05) is 16.6 Å². The van der Waals surface area contributed by atoms with Gasteiger partial charge in [-0.3, -0.25) is 4.98 Å². The molecule has 6 heteroatoms. The van der Waals surface area contributed by atoms with Crippen LogP contribution >= 0.6 is 11.6 Å². The van der Waals surface area contributed by atoms with Crippen LogP contribution in [0, 0.1) is 6.92 Å². The van der Waals surface area contributed by atoms with Gasteiger partial charge in [0.1, 0.15) is 10.4 Å². The molecule has 0 unspecified atom stereocenters. The maximum atomic E-state index is 12.7. The van der Waals surface area contributed by atoms with Crippen molar-refractivity contribution >= 4 is 44.8 Å². The van der Waals surface area contributed by atoms with Crippen molar-refractivity contribution in [1.29, 1.82) is 0 Å². The monoisotopic (exact) mass is 435 g/mol. The average molecular weight is 436 g/mol. The molecule has 0 fully saturated rings. The standard InChI is InChI=1S/C24H18ClNO3S/c1-17-5-13-21(14-6-17)30(27,28)29-23-4-2-3-22-19(15-16-26-24(22)23)10-7-18-8-11-20(25)12-9-18/h2-16H,1H3/b10-7+. The van der Waals surface area contributed by atoms with Crippen molar-refractivity contribution in [1.82, 2.24) is 4.98 Å². The van der Waals surface area contributed by atoms with Crippen LogP contribution in [0.15, 0.2) is 83.9 Å². The summed E-state index contributed by atoms with van der Waals surface area (Å²) < 4.78 is 30.9. The molecule has 0 atom stereocenters. The highest BCUT2D eigenvalue weighted by Gasteiger charge is 2.18. The predicted octanol–water partition coefficient (Wildman–Crippen LogP) is 6.13. The summed E-state index contributed by atoms with van der Waals surface area (Å²) >= 11 is 5.93. The normalized spacial score (nSPS) is 11.8. The second-order valence-electron chi connectivity index (χ2n) is 6.79. The zero-order valence-electron chi connectivity index (χ0n) is 16.1. The number of hydrogen-bond donors (Lipinski definition) is 0. The number of hydrogen-bond acceptors (Lipinski definition) is 4. The first-order chi connectivity index (χ1) is 14.4. The van der Waals surface area contributed by atoms with E-state index in [9.17, 15) is 8.42 Å². The van der Waals surface area contributed by atoms with E-state index in [4.69, 9.17) is 15.8 Å². The summed E-state index contributed by atoms with van der Waals surface area (Å²) in [5.41, 5.74) is 3.34. The molecule has 4 aromatic rings. The SMILES string of the molecule is Cc1ccc(S(=O)(=O)Oc2cccc3c(/C=C/c4ccc(Cl)cc4)ccnc23)cc1. The van der Waals surface area contributed by atoms with Crippen LogP contribution in [0.2, 0.25) is 5.02 Å². The van der Waals surface area contributed by atoms with E-state index in [1.165, 1.54) is 12.1 Å². The molecule has 0 radical (unpaired) electrons. The Hall–Kier alpha value is -3.15. The Labute approximate surface area is 180 Å². The summed E-state index contributed by atoms with van der Waals surface area (Å²) in [7, 11) is -3.96. The number of para-hydroxylation sites is 1. The molecule has 0 spiro atoms. The van der Waals surface area contributed by atoms with Crippen LogP contribution in [-0.4, -0.2) is 13.4 Å². The minimum atomic E-state index is -3.96. The summed E-state index contributed by atoms with van der Waals surface area (Å²) in [6.45, 7) is 1.89. The van der Waals surface area contributed by atoms with Crippen LogP contribution in [0.3, 0.4) is 0 Å². The number of pyridine rings is 1. The van der Waals surface area contributed by atoms with Gasteiger partial charge in [0.15, 0.2) is 5.75 Å². The van der Waals surface area contributed by atoms with Gasteiger partial charge in [0.2, 0.25) is 0 Å². The molecule has 150 valence electrons. The summed E-state index contributed by atoms with van der Waals surface area (Å²) in [5, 5.41) is 1.47. The highest BCUT2D eigenvalue weighted by atomic mass is 35.5. The number of benzene rings is 3. The number of rotatable bonds is 5. The van der Waals surface area contributed by atoms with Crippen molar-refractivity contribution in [3.8, 4) is 5.75 Å². The first kappa shape index (κ1) is 20.1. The molecular formula is C24H18ClNO3S. The van der Waals surface area contributed by atoms with Crippen LogP contribution < -0.4 is 4.18 Å². The van der Waals surface area contributed by atoms with Crippen LogP contribution in [0.4, 0.5) is 0 Å². The van der Waals surface area contributed by atoms with Crippen molar-refractivity contribution < 1.29 is 12.6 Å². The molecule has 1 aromatic heterocycles. The van der Waals surface area contributed by atoms with Crippen molar-refractivity contribution in [3.05, 3.63) is 101 Å². The molecule has 0 amide bonds. The smallest absolute Gasteiger partial charge is 0.339 e. The quantitative estimate of drug-likeness (QED) is 0.353. The highest BCUT2D eigenvalue weighted by molar-refractivity contribution is 7.87. The number of nitrogens with zero attached hydrogens (tertiary/aromatic N) is 1. The topological polar surface area (TPSA) is 56.3 Å². The molecule has 0 saturated carbocycles. The molecule has 4 nitrogen and oxygen atoms in total. The third-order valence-corrected chi connectivity index (χ3v) is 6.10. The van der Waals surface area contributed by atoms with Crippen molar-refractivity contribution in [2.45, 2.75) is 11.8 Å². The number of halogens is 1. The van der Waals surface area contributed by atoms with E-state index >= 15 is 0 Å². The lowest BCUT2D eigenvalue weighted by Crippen LogP contribution is -2.10. The van der Waals surface area contributed by atoms with Gasteiger partial charge in [-0.1, -0.05) is 65.7 Å². The fourth-order valence-electron chi connectivity index (χ4n) is 3.01. The fraction of sp³-hybridized carbons (Fsp3) is 0.0417. The fourth-order valence-corrected chi connectivity index (χ4v) is 4.08. The third-order valence-electron chi connectivity index (χ3n) is 4.60. The highest BCUT2D eigenvalue weighted by Crippen LogP contribution is 2.29. The summed E-state index contributed by atoms with van der Waals surface area (Å²) in [5.74, 6) is 0.190. The lowest BCUT2D eigenvalue weighted by Gasteiger charge is -2.10. The van der Waals surface area contributed by atoms with Gasteiger partial charge in [-0.05, 0) is 54.4 Å². The lowest BCUT2D eigenvalue weighted by atomic mass is 10.1. The predicted molar refractivity (Wildman–Crippen MR) is 121 cm³/mol. The van der Waals surface area contributed by atoms with E-state index in [0.29, 0.717) is 10.5 Å². The maximum absolute atomic E-state index is 12.7. The van der Waals surface area contributed by atoms with Gasteiger partial charge in [-0.25, -0.2) is 0 Å². The van der Waals surface area contributed by atoms with Crippen LogP contribution in [0.5, 0.6) is 5.75 Å². The minimum Gasteiger partial charge on any atom is -0.377 e. The molecule has 3 aromatic carbocycles. The molecule has 0 aliphatic rings. The van der Waals surface area contributed by atoms with E-state index in [-0.39, 0.29) is 10.6 Å². The van der Waals surface area contributed by atoms with Gasteiger partial charge in [-0.2, -0.15) is 8.42 Å². The molecule has 0 N–H and O–H groups in total. The first-order valence-electron chi connectivity index (χ1n) is 9.25. The molecule has 4 rings (SSSR count). The minimum absolute atomic E-state index is 0.101. The van der Waals surface area contributed by atoms with Gasteiger partial charge in [0.05, 0.1) is 0 Å². The van der Waals surface area contributed by atoms with E-state index in [1.807, 2.05) is 55.5 Å². The first-order valence-corrected chi connectivity index (χ1v) is 11.0. The van der Waals surface area contributed by atoms with E-state index in [1.54, 1.807) is 30.5 Å². The molecule has 0 aliphatic carbocycles. The Kier molecular flexibility index (Phi) is 5.57. The van der Waals surface area contributed by atoms with Gasteiger partial charge < -0.3 is 4.18 Å². The summed E-state index contributed by atoms with van der Waals surface area (Å²) in [6.07, 6.45) is 5.54. The maximum Gasteiger partial charge on any atom is 0.339 e. The molecule has 0 saturated heterocycles. The zero-order valence-corrected chi connectivity index (χ0v) is 17.7.